The van der Waals surface area contributed by atoms with E-state index in [9.17, 15) is 0 Å². The van der Waals surface area contributed by atoms with E-state index in [2.05, 4.69) is 128 Å². The van der Waals surface area contributed by atoms with Crippen LogP contribution in [0.1, 0.15) is 34.9 Å². The van der Waals surface area contributed by atoms with Crippen molar-refractivity contribution in [2.75, 3.05) is 0 Å². The van der Waals surface area contributed by atoms with Gasteiger partial charge in [-0.05, 0) is 48.7 Å². The number of fused-ring (bicyclic) bond motifs is 7. The van der Waals surface area contributed by atoms with Gasteiger partial charge < -0.3 is 4.42 Å². The Kier molecular flexibility index (Phi) is 7.52. The van der Waals surface area contributed by atoms with Crippen molar-refractivity contribution in [3.8, 4) is 22.5 Å². The molecule has 0 amide bonds. The van der Waals surface area contributed by atoms with Crippen molar-refractivity contribution in [3.05, 3.63) is 156 Å². The van der Waals surface area contributed by atoms with Gasteiger partial charge in [0.2, 0.25) is 0 Å². The summed E-state index contributed by atoms with van der Waals surface area (Å²) in [6.45, 7) is 4.08. The Balaban J connectivity index is 1.15. The molecular weight excluding hydrogens is 675 g/mol. The first-order chi connectivity index (χ1) is 25.7. The molecule has 4 nitrogen and oxygen atoms in total. The molecule has 4 heterocycles. The molecule has 5 aromatic carbocycles. The molecular formula is C46H31N3OS2. The largest absolute Gasteiger partial charge is 0.455 e. The lowest BCUT2D eigenvalue weighted by Gasteiger charge is -2.12. The molecule has 0 radical (unpaired) electrons. The normalized spacial score (nSPS) is 13.3. The fraction of sp³-hybridized carbons (Fsp3) is 0.0652. The van der Waals surface area contributed by atoms with Crippen LogP contribution >= 0.6 is 22.7 Å². The average molecular weight is 706 g/mol. The molecule has 0 N–H and O–H groups in total. The van der Waals surface area contributed by atoms with Gasteiger partial charge in [-0.1, -0.05) is 116 Å². The van der Waals surface area contributed by atoms with E-state index in [0.29, 0.717) is 18.1 Å². The van der Waals surface area contributed by atoms with E-state index in [1.54, 1.807) is 11.3 Å². The van der Waals surface area contributed by atoms with Crippen LogP contribution in [0.25, 0.3) is 92.4 Å². The molecule has 0 unspecified atom stereocenters. The number of thiophene rings is 2. The number of aromatic nitrogens is 3. The van der Waals surface area contributed by atoms with Crippen LogP contribution in [0.4, 0.5) is 0 Å². The van der Waals surface area contributed by atoms with Crippen LogP contribution in [0.2, 0.25) is 0 Å². The number of benzene rings is 5. The number of rotatable bonds is 7. The van der Waals surface area contributed by atoms with Crippen molar-refractivity contribution in [3.63, 3.8) is 0 Å². The monoisotopic (exact) mass is 705 g/mol. The van der Waals surface area contributed by atoms with Crippen molar-refractivity contribution >= 4 is 92.6 Å². The van der Waals surface area contributed by atoms with Crippen molar-refractivity contribution in [1.82, 2.24) is 15.0 Å². The molecule has 9 aromatic rings. The molecule has 0 bridgehead atoms. The van der Waals surface area contributed by atoms with Crippen molar-refractivity contribution < 1.29 is 4.42 Å². The zero-order valence-electron chi connectivity index (χ0n) is 28.2. The summed E-state index contributed by atoms with van der Waals surface area (Å²) in [5.74, 6) is 2.05. The van der Waals surface area contributed by atoms with Gasteiger partial charge >= 0.3 is 0 Å². The van der Waals surface area contributed by atoms with Gasteiger partial charge in [-0.2, -0.15) is 0 Å². The topological polar surface area (TPSA) is 51.8 Å². The lowest BCUT2D eigenvalue weighted by atomic mass is 9.97. The summed E-state index contributed by atoms with van der Waals surface area (Å²) in [7, 11) is 0. The SMILES string of the molecule is C=Cc1sc2ccccc2c1/C=C\Cc1nc(C2=CCCC=C2)nc(-c2ccc(-c3cccc4c3sc3ccccc34)c3oc4ccccc4c23)n1. The second kappa shape index (κ2) is 12.7. The van der Waals surface area contributed by atoms with E-state index in [1.165, 1.54) is 35.8 Å². The third-order valence-electron chi connectivity index (χ3n) is 9.83. The Morgan fingerprint density at radius 2 is 1.42 bits per heavy atom. The van der Waals surface area contributed by atoms with Gasteiger partial charge in [0.1, 0.15) is 17.0 Å². The zero-order valence-corrected chi connectivity index (χ0v) is 29.8. The minimum atomic E-state index is 0.557. The highest BCUT2D eigenvalue weighted by molar-refractivity contribution is 7.26. The highest BCUT2D eigenvalue weighted by Gasteiger charge is 2.22. The fourth-order valence-electron chi connectivity index (χ4n) is 7.42. The summed E-state index contributed by atoms with van der Waals surface area (Å²) in [6, 6.07) is 36.3. The number of para-hydroxylation sites is 1. The number of hydrogen-bond acceptors (Lipinski definition) is 6. The average Bonchev–Trinajstić information content (AvgIpc) is 3.89. The van der Waals surface area contributed by atoms with Gasteiger partial charge in [-0.3, -0.25) is 0 Å². The Morgan fingerprint density at radius 1 is 0.673 bits per heavy atom. The third kappa shape index (κ3) is 5.14. The second-order valence-electron chi connectivity index (χ2n) is 13.0. The molecule has 0 saturated carbocycles. The van der Waals surface area contributed by atoms with E-state index in [1.807, 2.05) is 29.5 Å². The van der Waals surface area contributed by atoms with E-state index in [0.717, 1.165) is 67.7 Å². The Hall–Kier alpha value is -5.95. The zero-order chi connectivity index (χ0) is 34.6. The quantitative estimate of drug-likeness (QED) is 0.166. The molecule has 4 aromatic heterocycles. The maximum atomic E-state index is 6.76. The first-order valence-electron chi connectivity index (χ1n) is 17.5. The van der Waals surface area contributed by atoms with Gasteiger partial charge in [-0.15, -0.1) is 22.7 Å². The molecule has 0 spiro atoms. The minimum absolute atomic E-state index is 0.557. The fourth-order valence-corrected chi connectivity index (χ4v) is 9.69. The smallest absolute Gasteiger partial charge is 0.164 e. The van der Waals surface area contributed by atoms with Crippen LogP contribution < -0.4 is 0 Å². The molecule has 10 rings (SSSR count). The predicted octanol–water partition coefficient (Wildman–Crippen LogP) is 13.3. The molecule has 6 heteroatoms. The predicted molar refractivity (Wildman–Crippen MR) is 222 cm³/mol. The highest BCUT2D eigenvalue weighted by Crippen LogP contribution is 2.45. The van der Waals surface area contributed by atoms with Crippen molar-refractivity contribution in [2.24, 2.45) is 0 Å². The summed E-state index contributed by atoms with van der Waals surface area (Å²) in [4.78, 5) is 16.5. The van der Waals surface area contributed by atoms with Crippen LogP contribution in [0, 0.1) is 0 Å². The Morgan fingerprint density at radius 3 is 2.27 bits per heavy atom. The van der Waals surface area contributed by atoms with Crippen LogP contribution in [0.15, 0.2) is 138 Å². The van der Waals surface area contributed by atoms with Crippen LogP contribution in [-0.2, 0) is 6.42 Å². The van der Waals surface area contributed by atoms with Gasteiger partial charge in [0.15, 0.2) is 11.6 Å². The lowest BCUT2D eigenvalue weighted by Crippen LogP contribution is -2.05. The summed E-state index contributed by atoms with van der Waals surface area (Å²) in [5.41, 5.74) is 7.03. The van der Waals surface area contributed by atoms with Crippen LogP contribution in [-0.4, -0.2) is 15.0 Å². The molecule has 1 aliphatic carbocycles. The number of allylic oxidation sites excluding steroid dienone is 5. The van der Waals surface area contributed by atoms with Gasteiger partial charge in [-0.25, -0.2) is 15.0 Å². The lowest BCUT2D eigenvalue weighted by molar-refractivity contribution is 0.670. The van der Waals surface area contributed by atoms with E-state index >= 15 is 0 Å². The minimum Gasteiger partial charge on any atom is -0.455 e. The molecule has 1 aliphatic rings. The number of hydrogen-bond donors (Lipinski definition) is 0. The number of nitrogens with zero attached hydrogens (tertiary/aromatic N) is 3. The standard InChI is InChI=1S/C46H31N3OS2/c1-2-38-29(30-16-7-10-23-39(30)51-38)19-13-25-41-47-45(28-14-4-3-5-15-28)49-46(48-41)36-27-26-32(43-42(36)35-18-6-9-22-37(35)50-43)34-21-12-20-33-31-17-8-11-24-40(31)52-44(33)34/h2,4,6-24,26-27H,1,3,5,25H2/b19-13-. The van der Waals surface area contributed by atoms with Crippen LogP contribution in [0.5, 0.6) is 0 Å². The first-order valence-corrected chi connectivity index (χ1v) is 19.1. The molecule has 0 aliphatic heterocycles. The summed E-state index contributed by atoms with van der Waals surface area (Å²) in [5, 5.41) is 5.82. The molecule has 52 heavy (non-hydrogen) atoms. The van der Waals surface area contributed by atoms with Gasteiger partial charge in [0.25, 0.3) is 0 Å². The van der Waals surface area contributed by atoms with Crippen LogP contribution in [0.3, 0.4) is 0 Å². The van der Waals surface area contributed by atoms with E-state index < -0.39 is 0 Å². The summed E-state index contributed by atoms with van der Waals surface area (Å²) in [6.07, 6.45) is 15.4. The second-order valence-corrected chi connectivity index (χ2v) is 15.1. The third-order valence-corrected chi connectivity index (χ3v) is 12.2. The summed E-state index contributed by atoms with van der Waals surface area (Å²) < 4.78 is 10.5. The molecule has 0 saturated heterocycles. The van der Waals surface area contributed by atoms with E-state index in [-0.39, 0.29) is 0 Å². The number of furan rings is 1. The molecule has 0 fully saturated rings. The Bertz CT molecular complexity index is 2970. The molecule has 0 atom stereocenters. The maximum absolute atomic E-state index is 6.76. The maximum Gasteiger partial charge on any atom is 0.164 e. The van der Waals surface area contributed by atoms with Gasteiger partial charge in [0.05, 0.1) is 0 Å². The highest BCUT2D eigenvalue weighted by atomic mass is 32.1. The van der Waals surface area contributed by atoms with Crippen molar-refractivity contribution in [2.45, 2.75) is 19.3 Å². The van der Waals surface area contributed by atoms with E-state index in [4.69, 9.17) is 19.4 Å². The van der Waals surface area contributed by atoms with Gasteiger partial charge in [0, 0.05) is 74.6 Å². The van der Waals surface area contributed by atoms with Crippen molar-refractivity contribution in [1.29, 1.82) is 0 Å². The first kappa shape index (κ1) is 30.8. The Labute approximate surface area is 308 Å². The summed E-state index contributed by atoms with van der Waals surface area (Å²) >= 11 is 3.59. The molecule has 248 valence electrons.